The van der Waals surface area contributed by atoms with Crippen LogP contribution in [0, 0.1) is 0 Å². The third-order valence-electron chi connectivity index (χ3n) is 4.57. The number of rotatable bonds is 5. The van der Waals surface area contributed by atoms with Crippen molar-refractivity contribution in [3.05, 3.63) is 91.0 Å². The van der Waals surface area contributed by atoms with Gasteiger partial charge in [0, 0.05) is 0 Å². The second-order valence-corrected chi connectivity index (χ2v) is 9.84. The minimum atomic E-state index is -2.47. The van der Waals surface area contributed by atoms with Gasteiger partial charge in [0.2, 0.25) is 0 Å². The van der Waals surface area contributed by atoms with Crippen molar-refractivity contribution in [2.75, 3.05) is 0 Å². The van der Waals surface area contributed by atoms with E-state index in [-0.39, 0.29) is 5.85 Å². The predicted octanol–water partition coefficient (Wildman–Crippen LogP) is 3.46. The van der Waals surface area contributed by atoms with E-state index in [2.05, 4.69) is 79.7 Å². The molecule has 0 fully saturated rings. The van der Waals surface area contributed by atoms with Crippen LogP contribution in [0.5, 0.6) is 0 Å². The zero-order valence-electron chi connectivity index (χ0n) is 14.3. The summed E-state index contributed by atoms with van der Waals surface area (Å²) < 4.78 is 0. The molecule has 25 heavy (non-hydrogen) atoms. The van der Waals surface area contributed by atoms with Crippen molar-refractivity contribution in [2.24, 2.45) is 0 Å². The van der Waals surface area contributed by atoms with E-state index < -0.39 is 7.26 Å². The summed E-state index contributed by atoms with van der Waals surface area (Å²) in [5.41, 5.74) is 0. The summed E-state index contributed by atoms with van der Waals surface area (Å²) in [6, 6.07) is 31.6. The van der Waals surface area contributed by atoms with Crippen molar-refractivity contribution in [2.45, 2.75) is 19.2 Å². The molecule has 1 unspecified atom stereocenters. The Balaban J connectivity index is 0.00000109. The van der Waals surface area contributed by atoms with Crippen molar-refractivity contribution in [3.8, 4) is 0 Å². The minimum Gasteiger partial charge on any atom is -0.255 e. The second kappa shape index (κ2) is 9.45. The molecule has 0 radical (unpaired) electrons. The molecule has 3 N–H and O–H groups in total. The van der Waals surface area contributed by atoms with Crippen LogP contribution in [0.2, 0.25) is 0 Å². The molecule has 0 heterocycles. The third kappa shape index (κ3) is 3.81. The van der Waals surface area contributed by atoms with Crippen LogP contribution in [-0.2, 0) is 0 Å². The third-order valence-corrected chi connectivity index (χ3v) is 9.71. The van der Waals surface area contributed by atoms with Gasteiger partial charge in [0.15, 0.2) is 0 Å². The van der Waals surface area contributed by atoms with E-state index in [1.807, 2.05) is 18.2 Å². The van der Waals surface area contributed by atoms with Gasteiger partial charge in [-0.2, -0.15) is 0 Å². The van der Waals surface area contributed by atoms with Gasteiger partial charge in [0.25, 0.3) is 0 Å². The number of hydrogen-bond donors (Lipinski definition) is 3. The summed E-state index contributed by atoms with van der Waals surface area (Å²) in [5, 5.41) is 27.0. The Labute approximate surface area is 149 Å². The molecule has 0 aliphatic heterocycles. The first-order valence-electron chi connectivity index (χ1n) is 8.34. The minimum absolute atomic E-state index is 0.366. The van der Waals surface area contributed by atoms with Crippen LogP contribution in [0.1, 0.15) is 13.3 Å². The Morgan fingerprint density at radius 1 is 0.640 bits per heavy atom. The van der Waals surface area contributed by atoms with Gasteiger partial charge in [-0.1, -0.05) is 0 Å². The molecular weight excluding hydrogens is 331 g/mol. The molecular formula is C21H25O3P. The average Bonchev–Trinajstić information content (AvgIpc) is 2.72. The molecule has 4 heteroatoms. The molecule has 0 aliphatic rings. The van der Waals surface area contributed by atoms with Gasteiger partial charge >= 0.3 is 138 Å². The first kappa shape index (κ1) is 19.3. The monoisotopic (exact) mass is 356 g/mol. The van der Waals surface area contributed by atoms with Crippen molar-refractivity contribution in [3.63, 3.8) is 0 Å². The quantitative estimate of drug-likeness (QED) is 0.373. The Morgan fingerprint density at radius 3 is 1.16 bits per heavy atom. The zero-order chi connectivity index (χ0) is 18.1. The van der Waals surface area contributed by atoms with Gasteiger partial charge in [0.1, 0.15) is 0 Å². The van der Waals surface area contributed by atoms with Crippen LogP contribution in [0.25, 0.3) is 0 Å². The molecule has 0 amide bonds. The normalized spacial score (nSPS) is 12.6. The number of aliphatic hydroxyl groups excluding tert-OH is 1. The van der Waals surface area contributed by atoms with Crippen LogP contribution in [-0.4, -0.2) is 21.5 Å². The maximum atomic E-state index is 11.2. The van der Waals surface area contributed by atoms with Gasteiger partial charge in [-0.05, 0) is 0 Å². The molecule has 3 aromatic rings. The van der Waals surface area contributed by atoms with Crippen LogP contribution >= 0.6 is 7.26 Å². The molecule has 1 atom stereocenters. The summed E-state index contributed by atoms with van der Waals surface area (Å²) in [6.45, 7) is 2.07. The van der Waals surface area contributed by atoms with Crippen LogP contribution in [0.4, 0.5) is 0 Å². The fraction of sp³-hybridized carbons (Fsp3) is 0.143. The van der Waals surface area contributed by atoms with Crippen LogP contribution < -0.4 is 15.9 Å². The van der Waals surface area contributed by atoms with Crippen molar-refractivity contribution >= 4 is 23.2 Å². The second-order valence-electron chi connectivity index (χ2n) is 5.83. The summed E-state index contributed by atoms with van der Waals surface area (Å²) >= 11 is 0. The van der Waals surface area contributed by atoms with Gasteiger partial charge < -0.3 is 0 Å². The standard InChI is InChI=1S/C21H23OP.H2O2/c1-2-21(22)23(18-12-6-3-7-13-18,19-14-8-4-9-15-19)20-16-10-5-11-17-20;1-2/h3-17,21-23H,2H2,1H3;1-2H. The number of hydrogen-bond acceptors (Lipinski definition) is 3. The summed E-state index contributed by atoms with van der Waals surface area (Å²) in [5.74, 6) is -0.366. The van der Waals surface area contributed by atoms with E-state index in [4.69, 9.17) is 10.5 Å². The molecule has 0 aromatic heterocycles. The predicted molar refractivity (Wildman–Crippen MR) is 108 cm³/mol. The molecule has 0 spiro atoms. The Hall–Kier alpha value is -2.03. The summed E-state index contributed by atoms with van der Waals surface area (Å²) in [4.78, 5) is 0. The van der Waals surface area contributed by atoms with Gasteiger partial charge in [-0.3, -0.25) is 10.5 Å². The van der Waals surface area contributed by atoms with Crippen molar-refractivity contribution in [1.82, 2.24) is 0 Å². The Kier molecular flexibility index (Phi) is 7.30. The fourth-order valence-electron chi connectivity index (χ4n) is 3.49. The van der Waals surface area contributed by atoms with E-state index in [9.17, 15) is 5.11 Å². The molecule has 132 valence electrons. The van der Waals surface area contributed by atoms with Crippen LogP contribution in [0.3, 0.4) is 0 Å². The average molecular weight is 356 g/mol. The molecule has 0 bridgehead atoms. The molecule has 0 saturated carbocycles. The Morgan fingerprint density at radius 2 is 0.920 bits per heavy atom. The molecule has 0 saturated heterocycles. The topological polar surface area (TPSA) is 60.7 Å². The van der Waals surface area contributed by atoms with E-state index >= 15 is 0 Å². The molecule has 3 aromatic carbocycles. The molecule has 3 nitrogen and oxygen atoms in total. The van der Waals surface area contributed by atoms with Gasteiger partial charge in [-0.15, -0.1) is 0 Å². The summed E-state index contributed by atoms with van der Waals surface area (Å²) in [6.07, 6.45) is 0.741. The van der Waals surface area contributed by atoms with Gasteiger partial charge in [0.05, 0.1) is 0 Å². The van der Waals surface area contributed by atoms with Crippen molar-refractivity contribution < 1.29 is 15.6 Å². The summed E-state index contributed by atoms with van der Waals surface area (Å²) in [7, 11) is -2.47. The first-order valence-corrected chi connectivity index (χ1v) is 10.4. The Bertz CT molecular complexity index is 636. The smallest absolute Gasteiger partial charge is 0.255 e. The first-order chi connectivity index (χ1) is 12.3. The van der Waals surface area contributed by atoms with E-state index in [1.165, 1.54) is 15.9 Å². The number of aliphatic hydroxyl groups is 1. The number of benzene rings is 3. The van der Waals surface area contributed by atoms with Crippen molar-refractivity contribution in [1.29, 1.82) is 0 Å². The van der Waals surface area contributed by atoms with E-state index in [0.29, 0.717) is 0 Å². The van der Waals surface area contributed by atoms with E-state index in [0.717, 1.165) is 6.42 Å². The largest absolute Gasteiger partial charge is 0.255 e. The van der Waals surface area contributed by atoms with E-state index in [1.54, 1.807) is 0 Å². The maximum Gasteiger partial charge on any atom is -0.255 e. The molecule has 0 aliphatic carbocycles. The van der Waals surface area contributed by atoms with Gasteiger partial charge in [-0.25, -0.2) is 0 Å². The SMILES string of the molecule is CCC(O)[PH](c1ccccc1)(c1ccccc1)c1ccccc1.OO. The van der Waals surface area contributed by atoms with Crippen LogP contribution in [0.15, 0.2) is 91.0 Å². The molecule has 3 rings (SSSR count). The zero-order valence-corrected chi connectivity index (χ0v) is 15.3. The maximum absolute atomic E-state index is 11.2. The fourth-order valence-corrected chi connectivity index (χ4v) is 8.41.